The molecule has 0 aliphatic heterocycles. The van der Waals surface area contributed by atoms with Crippen molar-refractivity contribution in [1.82, 2.24) is 5.32 Å². The molecule has 6 nitrogen and oxygen atoms in total. The molecule has 0 saturated heterocycles. The van der Waals surface area contributed by atoms with Crippen LogP contribution >= 0.6 is 23.2 Å². The monoisotopic (exact) mass is 468 g/mol. The quantitative estimate of drug-likeness (QED) is 0.226. The molecule has 0 bridgehead atoms. The number of hydrogen-bond donors (Lipinski definition) is 3. The molecule has 0 radical (unpaired) electrons. The van der Waals surface area contributed by atoms with E-state index in [9.17, 15) is 9.90 Å². The number of nitrogens with two attached hydrogens (primary N) is 1. The van der Waals surface area contributed by atoms with Crippen molar-refractivity contribution in [3.63, 3.8) is 0 Å². The normalized spacial score (nSPS) is 11.9. The average molecular weight is 469 g/mol. The molecule has 1 unspecified atom stereocenters. The second-order valence-corrected chi connectivity index (χ2v) is 8.09. The van der Waals surface area contributed by atoms with Crippen LogP contribution in [0.25, 0.3) is 0 Å². The molecular formula is C23H30Cl2N2O4. The molecule has 2 aromatic rings. The van der Waals surface area contributed by atoms with Gasteiger partial charge in [0, 0.05) is 6.54 Å². The number of aliphatic hydroxyl groups excluding tert-OH is 1. The number of carbonyl (C=O) groups excluding carboxylic acids is 1. The number of ether oxygens (including phenoxy) is 2. The minimum absolute atomic E-state index is 0.219. The Morgan fingerprint density at radius 1 is 1.10 bits per heavy atom. The first-order valence-corrected chi connectivity index (χ1v) is 11.1. The Balaban J connectivity index is 1.50. The van der Waals surface area contributed by atoms with Gasteiger partial charge in [-0.25, -0.2) is 0 Å². The number of unbranched alkanes of at least 4 members (excludes halogenated alkanes) is 3. The maximum absolute atomic E-state index is 11.9. The molecule has 4 N–H and O–H groups in total. The highest BCUT2D eigenvalue weighted by atomic mass is 35.5. The Morgan fingerprint density at radius 2 is 1.74 bits per heavy atom. The van der Waals surface area contributed by atoms with Gasteiger partial charge in [0.15, 0.2) is 0 Å². The predicted octanol–water partition coefficient (Wildman–Crippen LogP) is 4.55. The fourth-order valence-electron chi connectivity index (χ4n) is 3.01. The molecule has 0 fully saturated rings. The third-order valence-electron chi connectivity index (χ3n) is 4.84. The standard InChI is InChI=1S/C23H30Cl2N2O4/c1-30-18-8-6-16(7-9-18)12-22(29)31-11-5-3-2-4-10-27-15-21(28)17-13-19(24)23(26)20(25)14-17/h6-9,13-14,21,27-28H,2-5,10-12,15,26H2,1H3. The summed E-state index contributed by atoms with van der Waals surface area (Å²) in [6.07, 6.45) is 3.35. The Kier molecular flexibility index (Phi) is 10.9. The lowest BCUT2D eigenvalue weighted by Gasteiger charge is -2.14. The Hall–Kier alpha value is -1.99. The fraction of sp³-hybridized carbons (Fsp3) is 0.435. The van der Waals surface area contributed by atoms with Crippen molar-refractivity contribution in [3.05, 3.63) is 57.6 Å². The van der Waals surface area contributed by atoms with Gasteiger partial charge in [-0.1, -0.05) is 48.2 Å². The zero-order valence-electron chi connectivity index (χ0n) is 17.7. The lowest BCUT2D eigenvalue weighted by Crippen LogP contribution is -2.22. The first-order chi connectivity index (χ1) is 14.9. The van der Waals surface area contributed by atoms with Crippen LogP contribution in [0.15, 0.2) is 36.4 Å². The number of rotatable bonds is 13. The maximum atomic E-state index is 11.9. The number of anilines is 1. The van der Waals surface area contributed by atoms with Crippen LogP contribution < -0.4 is 15.8 Å². The smallest absolute Gasteiger partial charge is 0.310 e. The zero-order valence-corrected chi connectivity index (χ0v) is 19.2. The summed E-state index contributed by atoms with van der Waals surface area (Å²) >= 11 is 12.0. The van der Waals surface area contributed by atoms with E-state index in [4.69, 9.17) is 38.4 Å². The van der Waals surface area contributed by atoms with E-state index >= 15 is 0 Å². The summed E-state index contributed by atoms with van der Waals surface area (Å²) in [5.41, 5.74) is 7.56. The van der Waals surface area contributed by atoms with E-state index < -0.39 is 6.10 Å². The van der Waals surface area contributed by atoms with Crippen LogP contribution in [-0.4, -0.2) is 37.9 Å². The highest BCUT2D eigenvalue weighted by molar-refractivity contribution is 6.38. The van der Waals surface area contributed by atoms with Crippen LogP contribution in [0.1, 0.15) is 42.9 Å². The van der Waals surface area contributed by atoms with Crippen molar-refractivity contribution in [1.29, 1.82) is 0 Å². The minimum Gasteiger partial charge on any atom is -0.497 e. The van der Waals surface area contributed by atoms with E-state index in [0.717, 1.165) is 43.5 Å². The van der Waals surface area contributed by atoms with E-state index in [1.165, 1.54) is 0 Å². The van der Waals surface area contributed by atoms with Gasteiger partial charge in [0.25, 0.3) is 0 Å². The largest absolute Gasteiger partial charge is 0.497 e. The summed E-state index contributed by atoms with van der Waals surface area (Å²) in [5, 5.41) is 14.1. The summed E-state index contributed by atoms with van der Waals surface area (Å²) in [6.45, 7) is 1.62. The van der Waals surface area contributed by atoms with Crippen molar-refractivity contribution in [2.24, 2.45) is 0 Å². The molecule has 0 saturated carbocycles. The second-order valence-electron chi connectivity index (χ2n) is 7.28. The third-order valence-corrected chi connectivity index (χ3v) is 5.47. The zero-order chi connectivity index (χ0) is 22.6. The molecule has 2 aromatic carbocycles. The minimum atomic E-state index is -0.708. The Morgan fingerprint density at radius 3 is 2.39 bits per heavy atom. The van der Waals surface area contributed by atoms with E-state index in [-0.39, 0.29) is 12.4 Å². The van der Waals surface area contributed by atoms with Crippen molar-refractivity contribution in [2.75, 3.05) is 32.5 Å². The SMILES string of the molecule is COc1ccc(CC(=O)OCCCCCCNCC(O)c2cc(Cl)c(N)c(Cl)c2)cc1. The van der Waals surface area contributed by atoms with E-state index in [1.54, 1.807) is 19.2 Å². The van der Waals surface area contributed by atoms with Gasteiger partial charge in [-0.15, -0.1) is 0 Å². The summed E-state index contributed by atoms with van der Waals surface area (Å²) < 4.78 is 10.4. The van der Waals surface area contributed by atoms with Gasteiger partial charge in [0.1, 0.15) is 5.75 Å². The first kappa shape index (κ1) is 25.3. The van der Waals surface area contributed by atoms with Crippen molar-refractivity contribution < 1.29 is 19.4 Å². The number of hydrogen-bond acceptors (Lipinski definition) is 6. The van der Waals surface area contributed by atoms with Gasteiger partial charge < -0.3 is 25.6 Å². The Bertz CT molecular complexity index is 808. The predicted molar refractivity (Wildman–Crippen MR) is 125 cm³/mol. The van der Waals surface area contributed by atoms with Crippen molar-refractivity contribution >= 4 is 34.9 Å². The van der Waals surface area contributed by atoms with Gasteiger partial charge in [-0.2, -0.15) is 0 Å². The second kappa shape index (κ2) is 13.4. The Labute approximate surface area is 193 Å². The van der Waals surface area contributed by atoms with Crippen LogP contribution in [0.2, 0.25) is 10.0 Å². The van der Waals surface area contributed by atoms with E-state index in [1.807, 2.05) is 24.3 Å². The number of benzene rings is 2. The molecule has 0 spiro atoms. The van der Waals surface area contributed by atoms with Crippen LogP contribution in [0.3, 0.4) is 0 Å². The molecule has 8 heteroatoms. The number of esters is 1. The third kappa shape index (κ3) is 8.95. The lowest BCUT2D eigenvalue weighted by molar-refractivity contribution is -0.142. The first-order valence-electron chi connectivity index (χ1n) is 10.3. The van der Waals surface area contributed by atoms with Gasteiger partial charge in [-0.05, 0) is 54.8 Å². The summed E-state index contributed by atoms with van der Waals surface area (Å²) in [6, 6.07) is 10.6. The van der Waals surface area contributed by atoms with Crippen LogP contribution in [0.4, 0.5) is 5.69 Å². The molecule has 0 aliphatic carbocycles. The molecule has 170 valence electrons. The number of nitrogens with one attached hydrogen (secondary N) is 1. The summed E-state index contributed by atoms with van der Waals surface area (Å²) in [7, 11) is 1.61. The molecule has 2 rings (SSSR count). The number of methoxy groups -OCH3 is 1. The van der Waals surface area contributed by atoms with E-state index in [2.05, 4.69) is 5.32 Å². The molecule has 0 amide bonds. The number of nitrogen functional groups attached to an aromatic ring is 1. The van der Waals surface area contributed by atoms with Crippen LogP contribution in [0.5, 0.6) is 5.75 Å². The highest BCUT2D eigenvalue weighted by Gasteiger charge is 2.12. The fourth-order valence-corrected chi connectivity index (χ4v) is 3.51. The lowest BCUT2D eigenvalue weighted by atomic mass is 10.1. The highest BCUT2D eigenvalue weighted by Crippen LogP contribution is 2.31. The number of halogens is 2. The van der Waals surface area contributed by atoms with Crippen molar-refractivity contribution in [2.45, 2.75) is 38.2 Å². The molecular weight excluding hydrogens is 439 g/mol. The van der Waals surface area contributed by atoms with Gasteiger partial charge in [0.05, 0.1) is 42.0 Å². The molecule has 0 heterocycles. The molecule has 31 heavy (non-hydrogen) atoms. The van der Waals surface area contributed by atoms with Gasteiger partial charge >= 0.3 is 5.97 Å². The van der Waals surface area contributed by atoms with Gasteiger partial charge in [-0.3, -0.25) is 4.79 Å². The van der Waals surface area contributed by atoms with E-state index in [0.29, 0.717) is 34.4 Å². The topological polar surface area (TPSA) is 93.8 Å². The molecule has 0 aromatic heterocycles. The average Bonchev–Trinajstić information content (AvgIpc) is 2.76. The maximum Gasteiger partial charge on any atom is 0.310 e. The van der Waals surface area contributed by atoms with Crippen molar-refractivity contribution in [3.8, 4) is 5.75 Å². The molecule has 1 atom stereocenters. The van der Waals surface area contributed by atoms with Crippen LogP contribution in [0, 0.1) is 0 Å². The molecule has 0 aliphatic rings. The van der Waals surface area contributed by atoms with Crippen LogP contribution in [-0.2, 0) is 16.0 Å². The summed E-state index contributed by atoms with van der Waals surface area (Å²) in [5.74, 6) is 0.545. The number of aliphatic hydroxyl groups is 1. The number of carbonyl (C=O) groups is 1. The summed E-state index contributed by atoms with van der Waals surface area (Å²) in [4.78, 5) is 11.9. The van der Waals surface area contributed by atoms with Gasteiger partial charge in [0.2, 0.25) is 0 Å².